The van der Waals surface area contributed by atoms with Gasteiger partial charge in [-0.3, -0.25) is 9.78 Å². The minimum atomic E-state index is -0.846. The number of hydrogen-bond acceptors (Lipinski definition) is 7. The number of benzene rings is 2. The van der Waals surface area contributed by atoms with Crippen molar-refractivity contribution in [2.24, 2.45) is 0 Å². The molecule has 10 heteroatoms. The average Bonchev–Trinajstić information content (AvgIpc) is 3.18. The van der Waals surface area contributed by atoms with Gasteiger partial charge in [-0.15, -0.1) is 10.2 Å². The molecule has 0 saturated heterocycles. The number of nitrogens with one attached hydrogen (secondary N) is 1. The first-order valence-electron chi connectivity index (χ1n) is 8.19. The van der Waals surface area contributed by atoms with Gasteiger partial charge in [-0.25, -0.2) is 18.6 Å². The maximum atomic E-state index is 13.1. The van der Waals surface area contributed by atoms with Gasteiger partial charge < -0.3 is 0 Å². The fraction of sp³-hybridized carbons (Fsp3) is 0. The smallest absolute Gasteiger partial charge is 0.268 e. The lowest BCUT2D eigenvalue weighted by Gasteiger charge is -2.09. The SMILES string of the molecule is O=c1nc2n(-c3nnc(-c4ccccc4)s3)c(=O)c3ccccc3n2c(=O)[nH]1. The van der Waals surface area contributed by atoms with Crippen molar-refractivity contribution in [1.82, 2.24) is 29.1 Å². The van der Waals surface area contributed by atoms with Crippen LogP contribution in [0.25, 0.3) is 32.4 Å². The van der Waals surface area contributed by atoms with Crippen molar-refractivity contribution >= 4 is 28.0 Å². The number of nitrogens with zero attached hydrogens (tertiary/aromatic N) is 5. The molecule has 0 saturated carbocycles. The summed E-state index contributed by atoms with van der Waals surface area (Å²) in [6, 6.07) is 16.0. The standard InChI is InChI=1S/C18H10N6O3S/c25-14-11-8-4-5-9-12(11)23-16(19-15(26)20-17(23)27)24(14)18-22-21-13(28-18)10-6-2-1-3-7-10/h1-9H,(H,20,26,27). The molecule has 9 nitrogen and oxygen atoms in total. The van der Waals surface area contributed by atoms with E-state index in [0.717, 1.165) is 21.5 Å². The van der Waals surface area contributed by atoms with Gasteiger partial charge in [0.2, 0.25) is 10.9 Å². The topological polar surface area (TPSA) is 115 Å². The number of hydrogen-bond donors (Lipinski definition) is 1. The zero-order valence-corrected chi connectivity index (χ0v) is 14.9. The quantitative estimate of drug-likeness (QED) is 0.453. The van der Waals surface area contributed by atoms with Crippen LogP contribution in [0.5, 0.6) is 0 Å². The first-order valence-corrected chi connectivity index (χ1v) is 9.01. The van der Waals surface area contributed by atoms with Gasteiger partial charge >= 0.3 is 11.4 Å². The van der Waals surface area contributed by atoms with Crippen LogP contribution in [0.4, 0.5) is 0 Å². The second-order valence-corrected chi connectivity index (χ2v) is 6.85. The van der Waals surface area contributed by atoms with Crippen molar-refractivity contribution in [2.75, 3.05) is 0 Å². The highest BCUT2D eigenvalue weighted by molar-refractivity contribution is 7.17. The van der Waals surface area contributed by atoms with Crippen LogP contribution >= 0.6 is 11.3 Å². The Morgan fingerprint density at radius 3 is 2.46 bits per heavy atom. The molecule has 136 valence electrons. The molecule has 3 heterocycles. The first kappa shape index (κ1) is 16.3. The molecule has 28 heavy (non-hydrogen) atoms. The summed E-state index contributed by atoms with van der Waals surface area (Å²) in [4.78, 5) is 43.4. The predicted molar refractivity (Wildman–Crippen MR) is 104 cm³/mol. The monoisotopic (exact) mass is 390 g/mol. The maximum absolute atomic E-state index is 13.1. The Morgan fingerprint density at radius 1 is 0.893 bits per heavy atom. The van der Waals surface area contributed by atoms with E-state index in [9.17, 15) is 14.4 Å². The van der Waals surface area contributed by atoms with Gasteiger partial charge in [0.25, 0.3) is 5.56 Å². The number of H-pyrrole nitrogens is 1. The van der Waals surface area contributed by atoms with Gasteiger partial charge in [0.05, 0.1) is 10.9 Å². The van der Waals surface area contributed by atoms with Crippen LogP contribution in [0.15, 0.2) is 69.0 Å². The Kier molecular flexibility index (Phi) is 3.52. The van der Waals surface area contributed by atoms with Gasteiger partial charge in [-0.05, 0) is 12.1 Å². The van der Waals surface area contributed by atoms with E-state index < -0.39 is 16.9 Å². The van der Waals surface area contributed by atoms with E-state index in [1.165, 1.54) is 4.40 Å². The summed E-state index contributed by atoms with van der Waals surface area (Å²) in [6.45, 7) is 0. The third kappa shape index (κ3) is 2.39. The van der Waals surface area contributed by atoms with Crippen LogP contribution in [0.3, 0.4) is 0 Å². The Balaban J connectivity index is 1.91. The molecule has 2 aromatic carbocycles. The number of fused-ring (bicyclic) bond motifs is 3. The van der Waals surface area contributed by atoms with Gasteiger partial charge in [0.15, 0.2) is 0 Å². The molecule has 0 spiro atoms. The summed E-state index contributed by atoms with van der Waals surface area (Å²) >= 11 is 1.16. The Hall–Kier alpha value is -3.92. The van der Waals surface area contributed by atoms with Crippen molar-refractivity contribution in [2.45, 2.75) is 0 Å². The van der Waals surface area contributed by atoms with Crippen molar-refractivity contribution < 1.29 is 0 Å². The fourth-order valence-corrected chi connectivity index (χ4v) is 3.86. The van der Waals surface area contributed by atoms with Gasteiger partial charge in [-0.2, -0.15) is 4.98 Å². The summed E-state index contributed by atoms with van der Waals surface area (Å²) in [5, 5.41) is 9.35. The summed E-state index contributed by atoms with van der Waals surface area (Å²) in [5.74, 6) is -0.117. The van der Waals surface area contributed by atoms with Crippen molar-refractivity contribution in [3.8, 4) is 15.7 Å². The van der Waals surface area contributed by atoms with Gasteiger partial charge in [0.1, 0.15) is 5.01 Å². The predicted octanol–water partition coefficient (Wildman–Crippen LogP) is 1.21. The van der Waals surface area contributed by atoms with Crippen LogP contribution in [0, 0.1) is 0 Å². The molecule has 3 aromatic heterocycles. The largest absolute Gasteiger partial charge is 0.352 e. The molecule has 5 aromatic rings. The van der Waals surface area contributed by atoms with E-state index in [0.29, 0.717) is 15.9 Å². The van der Waals surface area contributed by atoms with Crippen LogP contribution < -0.4 is 16.9 Å². The molecule has 0 atom stereocenters. The minimum Gasteiger partial charge on any atom is -0.268 e. The van der Waals surface area contributed by atoms with E-state index in [4.69, 9.17) is 0 Å². The molecule has 0 fully saturated rings. The van der Waals surface area contributed by atoms with Gasteiger partial charge in [0, 0.05) is 5.56 Å². The third-order valence-corrected chi connectivity index (χ3v) is 5.18. The fourth-order valence-electron chi connectivity index (χ4n) is 3.01. The number of aromatic nitrogens is 6. The van der Waals surface area contributed by atoms with E-state index >= 15 is 0 Å². The summed E-state index contributed by atoms with van der Waals surface area (Å²) in [6.07, 6.45) is 0. The lowest BCUT2D eigenvalue weighted by Crippen LogP contribution is -2.34. The number of aromatic amines is 1. The second-order valence-electron chi connectivity index (χ2n) is 5.90. The average molecular weight is 390 g/mol. The molecular weight excluding hydrogens is 380 g/mol. The Labute approximate surface area is 159 Å². The molecule has 1 N–H and O–H groups in total. The molecule has 0 aliphatic rings. The van der Waals surface area contributed by atoms with Crippen molar-refractivity contribution in [3.63, 3.8) is 0 Å². The minimum absolute atomic E-state index is 0.117. The molecule has 5 rings (SSSR count). The normalized spacial score (nSPS) is 11.3. The Bertz CT molecular complexity index is 1530. The molecule has 0 aliphatic carbocycles. The molecule has 0 aliphatic heterocycles. The van der Waals surface area contributed by atoms with Crippen LogP contribution in [0.1, 0.15) is 0 Å². The molecule has 0 unspecified atom stereocenters. The van der Waals surface area contributed by atoms with Crippen LogP contribution in [-0.4, -0.2) is 29.1 Å². The third-order valence-electron chi connectivity index (χ3n) is 4.22. The summed E-state index contributed by atoms with van der Waals surface area (Å²) in [5.41, 5.74) is -0.787. The second kappa shape index (κ2) is 6.06. The van der Waals surface area contributed by atoms with E-state index in [1.54, 1.807) is 24.3 Å². The van der Waals surface area contributed by atoms with E-state index in [2.05, 4.69) is 20.2 Å². The molecule has 0 bridgehead atoms. The van der Waals surface area contributed by atoms with Crippen molar-refractivity contribution in [1.29, 1.82) is 0 Å². The van der Waals surface area contributed by atoms with Crippen LogP contribution in [-0.2, 0) is 0 Å². The molecular formula is C18H10N6O3S. The maximum Gasteiger partial charge on any atom is 0.352 e. The highest BCUT2D eigenvalue weighted by Gasteiger charge is 2.18. The van der Waals surface area contributed by atoms with Crippen LogP contribution in [0.2, 0.25) is 0 Å². The number of para-hydroxylation sites is 1. The molecule has 0 amide bonds. The summed E-state index contributed by atoms with van der Waals surface area (Å²) in [7, 11) is 0. The zero-order valence-electron chi connectivity index (χ0n) is 14.1. The number of rotatable bonds is 2. The molecule has 0 radical (unpaired) electrons. The highest BCUT2D eigenvalue weighted by atomic mass is 32.1. The lowest BCUT2D eigenvalue weighted by molar-refractivity contribution is 0.842. The van der Waals surface area contributed by atoms with Crippen molar-refractivity contribution in [3.05, 3.63) is 85.9 Å². The zero-order chi connectivity index (χ0) is 19.3. The van der Waals surface area contributed by atoms with E-state index in [-0.39, 0.29) is 10.9 Å². The summed E-state index contributed by atoms with van der Waals surface area (Å²) < 4.78 is 2.32. The van der Waals surface area contributed by atoms with E-state index in [1.807, 2.05) is 30.3 Å². The van der Waals surface area contributed by atoms with Gasteiger partial charge in [-0.1, -0.05) is 53.8 Å². The first-order chi connectivity index (χ1) is 13.6. The highest BCUT2D eigenvalue weighted by Crippen LogP contribution is 2.25. The Morgan fingerprint density at radius 2 is 1.64 bits per heavy atom. The lowest BCUT2D eigenvalue weighted by atomic mass is 10.2.